The molecule has 1 aliphatic rings. The summed E-state index contributed by atoms with van der Waals surface area (Å²) >= 11 is 3.19. The summed E-state index contributed by atoms with van der Waals surface area (Å²) in [5.41, 5.74) is -0.448. The normalized spacial score (nSPS) is 28.8. The number of carbonyl (C=O) groups is 2. The van der Waals surface area contributed by atoms with Crippen LogP contribution in [0.25, 0.3) is 0 Å². The standard InChI is InChI=1S/C11H18BrNO3/c1-3-16-10(15)13-8-5-4-6-11(8,2)9(14)7-12/h8H,3-7H2,1-2H3,(H,13,15). The molecule has 0 aromatic rings. The molecule has 92 valence electrons. The summed E-state index contributed by atoms with van der Waals surface area (Å²) in [6.45, 7) is 4.03. The van der Waals surface area contributed by atoms with E-state index in [9.17, 15) is 9.59 Å². The van der Waals surface area contributed by atoms with Crippen molar-refractivity contribution in [2.45, 2.75) is 39.2 Å². The molecule has 0 aromatic carbocycles. The van der Waals surface area contributed by atoms with Gasteiger partial charge in [-0.25, -0.2) is 4.79 Å². The lowest BCUT2D eigenvalue weighted by Crippen LogP contribution is -2.47. The maximum absolute atomic E-state index is 11.8. The number of hydrogen-bond donors (Lipinski definition) is 1. The highest BCUT2D eigenvalue weighted by Crippen LogP contribution is 2.39. The SMILES string of the molecule is CCOC(=O)NC1CCCC1(C)C(=O)CBr. The fourth-order valence-corrected chi connectivity index (χ4v) is 2.84. The van der Waals surface area contributed by atoms with Crippen LogP contribution in [-0.4, -0.2) is 29.9 Å². The fourth-order valence-electron chi connectivity index (χ4n) is 2.20. The minimum Gasteiger partial charge on any atom is -0.450 e. The number of hydrogen-bond acceptors (Lipinski definition) is 3. The molecular weight excluding hydrogens is 274 g/mol. The first-order valence-electron chi connectivity index (χ1n) is 5.57. The van der Waals surface area contributed by atoms with Crippen LogP contribution in [0.1, 0.15) is 33.1 Å². The Hall–Kier alpha value is -0.580. The number of carbonyl (C=O) groups excluding carboxylic acids is 2. The molecule has 5 heteroatoms. The zero-order chi connectivity index (χ0) is 12.2. The number of ether oxygens (including phenoxy) is 1. The van der Waals surface area contributed by atoms with E-state index in [1.165, 1.54) is 0 Å². The van der Waals surface area contributed by atoms with E-state index in [0.29, 0.717) is 11.9 Å². The second-order valence-corrected chi connectivity index (χ2v) is 4.84. The number of ketones is 1. The molecule has 0 radical (unpaired) electrons. The lowest BCUT2D eigenvalue weighted by Gasteiger charge is -2.29. The molecule has 1 fully saturated rings. The van der Waals surface area contributed by atoms with Crippen LogP contribution in [0.5, 0.6) is 0 Å². The first-order chi connectivity index (χ1) is 7.54. The number of rotatable bonds is 4. The molecule has 16 heavy (non-hydrogen) atoms. The summed E-state index contributed by atoms with van der Waals surface area (Å²) in [6.07, 6.45) is 2.21. The smallest absolute Gasteiger partial charge is 0.407 e. The molecule has 2 unspecified atom stereocenters. The third kappa shape index (κ3) is 2.75. The third-order valence-electron chi connectivity index (χ3n) is 3.28. The van der Waals surface area contributed by atoms with Crippen molar-refractivity contribution in [2.75, 3.05) is 11.9 Å². The van der Waals surface area contributed by atoms with Gasteiger partial charge in [-0.3, -0.25) is 4.79 Å². The van der Waals surface area contributed by atoms with Crippen molar-refractivity contribution in [1.29, 1.82) is 0 Å². The van der Waals surface area contributed by atoms with Crippen molar-refractivity contribution in [3.63, 3.8) is 0 Å². The van der Waals surface area contributed by atoms with Gasteiger partial charge < -0.3 is 10.1 Å². The van der Waals surface area contributed by atoms with Gasteiger partial charge in [0.15, 0.2) is 5.78 Å². The zero-order valence-electron chi connectivity index (χ0n) is 9.72. The monoisotopic (exact) mass is 291 g/mol. The topological polar surface area (TPSA) is 55.4 Å². The van der Waals surface area contributed by atoms with Gasteiger partial charge in [0.05, 0.1) is 11.9 Å². The maximum atomic E-state index is 11.8. The van der Waals surface area contributed by atoms with E-state index < -0.39 is 11.5 Å². The lowest BCUT2D eigenvalue weighted by atomic mass is 9.81. The van der Waals surface area contributed by atoms with Gasteiger partial charge >= 0.3 is 6.09 Å². The average Bonchev–Trinajstić information content (AvgIpc) is 2.61. The summed E-state index contributed by atoms with van der Waals surface area (Å²) in [5.74, 6) is 0.145. The number of nitrogens with one attached hydrogen (secondary N) is 1. The fraction of sp³-hybridized carbons (Fsp3) is 0.818. The minimum atomic E-state index is -0.448. The van der Waals surface area contributed by atoms with Gasteiger partial charge in [0.2, 0.25) is 0 Å². The van der Waals surface area contributed by atoms with Crippen LogP contribution in [0.15, 0.2) is 0 Å². The van der Waals surface area contributed by atoms with E-state index in [2.05, 4.69) is 21.2 Å². The number of Topliss-reactive ketones (excluding diaryl/α,β-unsaturated/α-hetero) is 1. The van der Waals surface area contributed by atoms with E-state index in [-0.39, 0.29) is 11.8 Å². The van der Waals surface area contributed by atoms with Gasteiger partial charge in [0.1, 0.15) is 0 Å². The van der Waals surface area contributed by atoms with E-state index in [4.69, 9.17) is 4.74 Å². The van der Waals surface area contributed by atoms with Crippen LogP contribution in [0.2, 0.25) is 0 Å². The molecule has 0 bridgehead atoms. The molecule has 0 aromatic heterocycles. The lowest BCUT2D eigenvalue weighted by molar-refractivity contribution is -0.125. The van der Waals surface area contributed by atoms with Crippen molar-refractivity contribution in [1.82, 2.24) is 5.32 Å². The highest BCUT2D eigenvalue weighted by atomic mass is 79.9. The van der Waals surface area contributed by atoms with Gasteiger partial charge in [0, 0.05) is 11.5 Å². The number of alkyl halides is 1. The molecule has 0 heterocycles. The van der Waals surface area contributed by atoms with Crippen LogP contribution in [0.3, 0.4) is 0 Å². The summed E-state index contributed by atoms with van der Waals surface area (Å²) in [5, 5.41) is 3.12. The summed E-state index contributed by atoms with van der Waals surface area (Å²) in [4.78, 5) is 23.2. The van der Waals surface area contributed by atoms with Crippen molar-refractivity contribution in [2.24, 2.45) is 5.41 Å². The van der Waals surface area contributed by atoms with Gasteiger partial charge in [-0.1, -0.05) is 29.3 Å². The van der Waals surface area contributed by atoms with Crippen LogP contribution in [-0.2, 0) is 9.53 Å². The number of halogens is 1. The number of alkyl carbamates (subject to hydrolysis) is 1. The Morgan fingerprint density at radius 1 is 1.56 bits per heavy atom. The third-order valence-corrected chi connectivity index (χ3v) is 3.79. The van der Waals surface area contributed by atoms with Crippen molar-refractivity contribution >= 4 is 27.8 Å². The Morgan fingerprint density at radius 2 is 2.25 bits per heavy atom. The van der Waals surface area contributed by atoms with Crippen molar-refractivity contribution in [3.8, 4) is 0 Å². The molecular formula is C11H18BrNO3. The second-order valence-electron chi connectivity index (χ2n) is 4.28. The summed E-state index contributed by atoms with van der Waals surface area (Å²) < 4.78 is 4.84. The van der Waals surface area contributed by atoms with Gasteiger partial charge in [0.25, 0.3) is 0 Å². The second kappa shape index (κ2) is 5.66. The average molecular weight is 292 g/mol. The van der Waals surface area contributed by atoms with E-state index in [0.717, 1.165) is 19.3 Å². The Bertz CT molecular complexity index is 282. The first kappa shape index (κ1) is 13.5. The first-order valence-corrected chi connectivity index (χ1v) is 6.69. The van der Waals surface area contributed by atoms with Gasteiger partial charge in [-0.2, -0.15) is 0 Å². The predicted molar refractivity (Wildman–Crippen MR) is 64.7 cm³/mol. The van der Waals surface area contributed by atoms with Crippen molar-refractivity contribution < 1.29 is 14.3 Å². The highest BCUT2D eigenvalue weighted by Gasteiger charge is 2.44. The van der Waals surface area contributed by atoms with Crippen LogP contribution < -0.4 is 5.32 Å². The molecule has 4 nitrogen and oxygen atoms in total. The Labute approximate surface area is 104 Å². The van der Waals surface area contributed by atoms with Gasteiger partial charge in [-0.05, 0) is 19.8 Å². The quantitative estimate of drug-likeness (QED) is 0.809. The molecule has 1 saturated carbocycles. The molecule has 1 rings (SSSR count). The molecule has 0 spiro atoms. The molecule has 2 atom stereocenters. The Balaban J connectivity index is 2.65. The molecule has 0 aliphatic heterocycles. The van der Waals surface area contributed by atoms with E-state index in [1.807, 2.05) is 6.92 Å². The molecule has 0 saturated heterocycles. The molecule has 1 amide bonds. The Kier molecular flexibility index (Phi) is 4.77. The highest BCUT2D eigenvalue weighted by molar-refractivity contribution is 9.09. The van der Waals surface area contributed by atoms with Crippen LogP contribution in [0.4, 0.5) is 4.79 Å². The predicted octanol–water partition coefficient (Wildman–Crippen LogP) is 2.26. The van der Waals surface area contributed by atoms with Crippen LogP contribution >= 0.6 is 15.9 Å². The van der Waals surface area contributed by atoms with E-state index >= 15 is 0 Å². The summed E-state index contributed by atoms with van der Waals surface area (Å²) in [7, 11) is 0. The molecule has 1 N–H and O–H groups in total. The van der Waals surface area contributed by atoms with Gasteiger partial charge in [-0.15, -0.1) is 0 Å². The zero-order valence-corrected chi connectivity index (χ0v) is 11.3. The summed E-state index contributed by atoms with van der Waals surface area (Å²) in [6, 6.07) is -0.100. The van der Waals surface area contributed by atoms with E-state index in [1.54, 1.807) is 6.92 Å². The van der Waals surface area contributed by atoms with Crippen molar-refractivity contribution in [3.05, 3.63) is 0 Å². The molecule has 1 aliphatic carbocycles. The number of amides is 1. The van der Waals surface area contributed by atoms with Crippen LogP contribution in [0, 0.1) is 5.41 Å². The minimum absolute atomic E-state index is 0.100. The largest absolute Gasteiger partial charge is 0.450 e. The Morgan fingerprint density at radius 3 is 2.81 bits per heavy atom. The maximum Gasteiger partial charge on any atom is 0.407 e.